The van der Waals surface area contributed by atoms with E-state index in [1.807, 2.05) is 18.0 Å². The minimum atomic E-state index is -1.58. The summed E-state index contributed by atoms with van der Waals surface area (Å²) in [5.74, 6) is 0.899. The van der Waals surface area contributed by atoms with Gasteiger partial charge < -0.3 is 10.4 Å². The topological polar surface area (TPSA) is 108 Å². The first-order valence-corrected chi connectivity index (χ1v) is 8.49. The average molecular weight is 374 g/mol. The Morgan fingerprint density at radius 3 is 2.39 bits per heavy atom. The van der Waals surface area contributed by atoms with Gasteiger partial charge in [-0.15, -0.1) is 0 Å². The second-order valence-electron chi connectivity index (χ2n) is 6.58. The van der Waals surface area contributed by atoms with Crippen molar-refractivity contribution in [1.82, 2.24) is 5.32 Å². The lowest BCUT2D eigenvalue weighted by atomic mass is 9.76. The zero-order valence-corrected chi connectivity index (χ0v) is 15.0. The molecule has 2 aromatic rings. The van der Waals surface area contributed by atoms with Crippen LogP contribution in [0.15, 0.2) is 71.7 Å². The number of halogens is 1. The van der Waals surface area contributed by atoms with Crippen molar-refractivity contribution in [3.05, 3.63) is 83.1 Å². The van der Waals surface area contributed by atoms with Crippen molar-refractivity contribution in [2.24, 2.45) is 0 Å². The number of nitrogens with zero attached hydrogens (tertiary/aromatic N) is 3. The van der Waals surface area contributed by atoms with Crippen molar-refractivity contribution in [2.75, 3.05) is 0 Å². The first-order valence-electron chi connectivity index (χ1n) is 8.49. The quantitative estimate of drug-likeness (QED) is 0.435. The second kappa shape index (κ2) is 7.46. The van der Waals surface area contributed by atoms with E-state index in [0.717, 1.165) is 0 Å². The van der Waals surface area contributed by atoms with E-state index >= 15 is 0 Å². The molecule has 3 rings (SSSR count). The third-order valence-corrected chi connectivity index (χ3v) is 4.75. The highest BCUT2D eigenvalue weighted by Crippen LogP contribution is 2.43. The Balaban J connectivity index is 2.34. The van der Waals surface area contributed by atoms with E-state index in [4.69, 9.17) is 5.41 Å². The number of benzene rings is 1. The van der Waals surface area contributed by atoms with Crippen LogP contribution in [0.3, 0.4) is 0 Å². The summed E-state index contributed by atoms with van der Waals surface area (Å²) in [6.07, 6.45) is 3.52. The van der Waals surface area contributed by atoms with E-state index in [-0.39, 0.29) is 16.8 Å². The summed E-state index contributed by atoms with van der Waals surface area (Å²) in [7, 11) is 0. The summed E-state index contributed by atoms with van der Waals surface area (Å²) in [5, 5.41) is 40.7. The van der Waals surface area contributed by atoms with Gasteiger partial charge in [-0.25, -0.2) is 4.39 Å². The first kappa shape index (κ1) is 19.0. The van der Waals surface area contributed by atoms with Crippen molar-refractivity contribution in [2.45, 2.75) is 24.6 Å². The SMILES string of the molecule is C[C@@]1(O)NC(C(=C=N)C#N)=C(C#N)[C@@H](c2ccc(F)cc2)[C@@H]1[n+]1ccccc1. The maximum Gasteiger partial charge on any atom is 0.216 e. The van der Waals surface area contributed by atoms with Crippen LogP contribution in [-0.2, 0) is 0 Å². The molecule has 3 N–H and O–H groups in total. The smallest absolute Gasteiger partial charge is 0.216 e. The molecule has 1 aromatic heterocycles. The van der Waals surface area contributed by atoms with Gasteiger partial charge in [0, 0.05) is 12.1 Å². The summed E-state index contributed by atoms with van der Waals surface area (Å²) < 4.78 is 15.3. The molecule has 1 aromatic carbocycles. The number of aliphatic hydroxyl groups is 1. The summed E-state index contributed by atoms with van der Waals surface area (Å²) >= 11 is 0. The Labute approximate surface area is 161 Å². The zero-order valence-electron chi connectivity index (χ0n) is 15.0. The van der Waals surface area contributed by atoms with E-state index < -0.39 is 23.5 Å². The highest BCUT2D eigenvalue weighted by Gasteiger charge is 2.52. The zero-order chi connectivity index (χ0) is 20.3. The number of nitrogens with one attached hydrogen (secondary N) is 2. The highest BCUT2D eigenvalue weighted by molar-refractivity contribution is 5.71. The molecule has 0 amide bonds. The van der Waals surface area contributed by atoms with Crippen LogP contribution in [0, 0.1) is 33.9 Å². The fourth-order valence-corrected chi connectivity index (χ4v) is 3.58. The maximum atomic E-state index is 13.5. The molecule has 0 saturated heterocycles. The van der Waals surface area contributed by atoms with Crippen LogP contribution in [0.5, 0.6) is 0 Å². The third-order valence-electron chi connectivity index (χ3n) is 4.75. The lowest BCUT2D eigenvalue weighted by Gasteiger charge is -2.40. The number of nitriles is 2. The standard InChI is InChI=1S/C21H17FN5O/c1-21(28)20(27-9-3-2-4-10-27)18(14-5-7-16(22)8-6-14)17(13-25)19(26-21)15(11-23)12-24/h2-10,18,20,23,26,28H,1H3/q+1/t18-,20+,21+/m1/s1. The Bertz CT molecular complexity index is 1050. The van der Waals surface area contributed by atoms with Crippen LogP contribution in [0.1, 0.15) is 24.4 Å². The van der Waals surface area contributed by atoms with E-state index in [2.05, 4.69) is 11.4 Å². The Morgan fingerprint density at radius 2 is 1.86 bits per heavy atom. The molecule has 7 heteroatoms. The van der Waals surface area contributed by atoms with Gasteiger partial charge in [0.1, 0.15) is 17.5 Å². The molecule has 1 aliphatic rings. The van der Waals surface area contributed by atoms with Crippen LogP contribution >= 0.6 is 0 Å². The molecular formula is C21H17FN5O+. The van der Waals surface area contributed by atoms with Gasteiger partial charge in [-0.3, -0.25) is 5.41 Å². The fourth-order valence-electron chi connectivity index (χ4n) is 3.58. The minimum absolute atomic E-state index is 0.0482. The number of rotatable bonds is 3. The van der Waals surface area contributed by atoms with E-state index in [1.165, 1.54) is 19.1 Å². The normalized spacial score (nSPS) is 23.8. The van der Waals surface area contributed by atoms with E-state index in [9.17, 15) is 20.0 Å². The van der Waals surface area contributed by atoms with E-state index in [0.29, 0.717) is 5.56 Å². The van der Waals surface area contributed by atoms with Gasteiger partial charge in [0.05, 0.1) is 23.3 Å². The largest absolute Gasteiger partial charge is 0.366 e. The molecule has 1 aliphatic heterocycles. The van der Waals surface area contributed by atoms with Crippen molar-refractivity contribution in [1.29, 1.82) is 15.9 Å². The van der Waals surface area contributed by atoms with Gasteiger partial charge in [-0.1, -0.05) is 18.2 Å². The van der Waals surface area contributed by atoms with Crippen LogP contribution < -0.4 is 9.88 Å². The predicted molar refractivity (Wildman–Crippen MR) is 98.1 cm³/mol. The van der Waals surface area contributed by atoms with Gasteiger partial charge in [0.25, 0.3) is 0 Å². The lowest BCUT2D eigenvalue weighted by Crippen LogP contribution is -2.63. The monoisotopic (exact) mass is 374 g/mol. The number of pyridine rings is 1. The number of hydrogen-bond acceptors (Lipinski definition) is 5. The van der Waals surface area contributed by atoms with Gasteiger partial charge in [0.15, 0.2) is 18.1 Å². The van der Waals surface area contributed by atoms with Gasteiger partial charge >= 0.3 is 0 Å². The first-order chi connectivity index (χ1) is 13.4. The van der Waals surface area contributed by atoms with Gasteiger partial charge in [-0.2, -0.15) is 15.1 Å². The molecule has 0 spiro atoms. The molecule has 0 aliphatic carbocycles. The number of hydrogen-bond donors (Lipinski definition) is 3. The molecule has 0 bridgehead atoms. The lowest BCUT2D eigenvalue weighted by molar-refractivity contribution is -0.741. The minimum Gasteiger partial charge on any atom is -0.366 e. The molecule has 0 radical (unpaired) electrons. The third kappa shape index (κ3) is 3.28. The second-order valence-corrected chi connectivity index (χ2v) is 6.58. The van der Waals surface area contributed by atoms with Crippen molar-refractivity contribution in [3.63, 3.8) is 0 Å². The number of allylic oxidation sites excluding steroid dienone is 2. The average Bonchev–Trinajstić information content (AvgIpc) is 2.69. The molecule has 3 atom stereocenters. The molecular weight excluding hydrogens is 357 g/mol. The number of aromatic nitrogens is 1. The molecule has 6 nitrogen and oxygen atoms in total. The van der Waals surface area contributed by atoms with Crippen LogP contribution in [-0.4, -0.2) is 16.7 Å². The molecule has 0 saturated carbocycles. The van der Waals surface area contributed by atoms with Gasteiger partial charge in [0.2, 0.25) is 6.04 Å². The summed E-state index contributed by atoms with van der Waals surface area (Å²) in [6.45, 7) is 1.53. The molecule has 0 fully saturated rings. The Hall–Kier alpha value is -3.77. The van der Waals surface area contributed by atoms with Crippen molar-refractivity contribution < 1.29 is 14.1 Å². The Morgan fingerprint density at radius 1 is 1.21 bits per heavy atom. The van der Waals surface area contributed by atoms with Crippen LogP contribution in [0.25, 0.3) is 0 Å². The van der Waals surface area contributed by atoms with E-state index in [1.54, 1.807) is 41.2 Å². The molecule has 28 heavy (non-hydrogen) atoms. The summed E-state index contributed by atoms with van der Waals surface area (Å²) in [6, 6.07) is 14.3. The predicted octanol–water partition coefficient (Wildman–Crippen LogP) is 2.23. The molecule has 0 unspecified atom stereocenters. The fraction of sp³-hybridized carbons (Fsp3) is 0.190. The molecule has 2 heterocycles. The summed E-state index contributed by atoms with van der Waals surface area (Å²) in [4.78, 5) is 0. The van der Waals surface area contributed by atoms with Crippen LogP contribution in [0.2, 0.25) is 0 Å². The summed E-state index contributed by atoms with van der Waals surface area (Å²) in [5.41, 5.74) is -0.969. The van der Waals surface area contributed by atoms with Crippen molar-refractivity contribution >= 4 is 5.87 Å². The van der Waals surface area contributed by atoms with Crippen LogP contribution in [0.4, 0.5) is 4.39 Å². The maximum absolute atomic E-state index is 13.5. The molecule has 138 valence electrons. The highest BCUT2D eigenvalue weighted by atomic mass is 19.1. The van der Waals surface area contributed by atoms with Crippen molar-refractivity contribution in [3.8, 4) is 12.1 Å². The van der Waals surface area contributed by atoms with Gasteiger partial charge in [-0.05, 0) is 30.5 Å². The Kier molecular flexibility index (Phi) is 5.06.